The fourth-order valence-electron chi connectivity index (χ4n) is 3.37. The number of nitrogens with zero attached hydrogens (tertiary/aromatic N) is 1. The van der Waals surface area contributed by atoms with Crippen LogP contribution in [-0.4, -0.2) is 47.6 Å². The molecule has 2 atom stereocenters. The van der Waals surface area contributed by atoms with Crippen molar-refractivity contribution in [2.45, 2.75) is 57.2 Å². The Morgan fingerprint density at radius 2 is 1.84 bits per heavy atom. The van der Waals surface area contributed by atoms with E-state index in [1.165, 1.54) is 0 Å². The van der Waals surface area contributed by atoms with Gasteiger partial charge in [-0.1, -0.05) is 0 Å². The molecule has 3 rings (SSSR count). The molecule has 0 spiro atoms. The van der Waals surface area contributed by atoms with Gasteiger partial charge < -0.3 is 15.0 Å². The number of ether oxygens (including phenoxy) is 1. The highest BCUT2D eigenvalue weighted by Gasteiger charge is 2.55. The Balaban J connectivity index is 1.86. The SMILES string of the molecule is CC1C(=O)NC(C)(C2CC2)C(=O)N1C1CCOCC1. The minimum absolute atomic E-state index is 0.0134. The van der Waals surface area contributed by atoms with E-state index in [9.17, 15) is 9.59 Å². The van der Waals surface area contributed by atoms with E-state index in [1.807, 2.05) is 18.7 Å². The molecular weight excluding hydrogens is 244 g/mol. The first kappa shape index (κ1) is 12.9. The summed E-state index contributed by atoms with van der Waals surface area (Å²) in [7, 11) is 0. The number of rotatable bonds is 2. The molecule has 3 aliphatic rings. The van der Waals surface area contributed by atoms with Crippen molar-refractivity contribution in [3.63, 3.8) is 0 Å². The Hall–Kier alpha value is -1.10. The zero-order valence-electron chi connectivity index (χ0n) is 11.6. The van der Waals surface area contributed by atoms with Crippen LogP contribution >= 0.6 is 0 Å². The number of nitrogens with one attached hydrogen (secondary N) is 1. The lowest BCUT2D eigenvalue weighted by molar-refractivity contribution is -0.159. The van der Waals surface area contributed by atoms with E-state index >= 15 is 0 Å². The van der Waals surface area contributed by atoms with Gasteiger partial charge >= 0.3 is 0 Å². The first-order valence-electron chi connectivity index (χ1n) is 7.26. The van der Waals surface area contributed by atoms with E-state index < -0.39 is 5.54 Å². The van der Waals surface area contributed by atoms with Crippen LogP contribution in [0.4, 0.5) is 0 Å². The number of amides is 2. The number of piperazine rings is 1. The predicted molar refractivity (Wildman–Crippen MR) is 69.4 cm³/mol. The van der Waals surface area contributed by atoms with Crippen molar-refractivity contribution in [3.05, 3.63) is 0 Å². The quantitative estimate of drug-likeness (QED) is 0.799. The van der Waals surface area contributed by atoms with Crippen molar-refractivity contribution >= 4 is 11.8 Å². The molecule has 0 aromatic heterocycles. The van der Waals surface area contributed by atoms with Gasteiger partial charge in [0, 0.05) is 19.3 Å². The van der Waals surface area contributed by atoms with Crippen LogP contribution < -0.4 is 5.32 Å². The molecule has 2 amide bonds. The fraction of sp³-hybridized carbons (Fsp3) is 0.857. The standard InChI is InChI=1S/C14H22N2O3/c1-9-12(17)15-14(2,10-3-4-10)13(18)16(9)11-5-7-19-8-6-11/h9-11H,3-8H2,1-2H3,(H,15,17). The molecule has 1 N–H and O–H groups in total. The van der Waals surface area contributed by atoms with Crippen molar-refractivity contribution in [2.24, 2.45) is 5.92 Å². The van der Waals surface area contributed by atoms with Gasteiger partial charge in [-0.25, -0.2) is 0 Å². The average Bonchev–Trinajstić information content (AvgIpc) is 3.23. The largest absolute Gasteiger partial charge is 0.381 e. The normalized spacial score (nSPS) is 37.4. The molecule has 1 aliphatic carbocycles. The van der Waals surface area contributed by atoms with Crippen LogP contribution in [0.3, 0.4) is 0 Å². The van der Waals surface area contributed by atoms with Crippen molar-refractivity contribution in [3.8, 4) is 0 Å². The van der Waals surface area contributed by atoms with E-state index in [4.69, 9.17) is 4.74 Å². The molecular formula is C14H22N2O3. The van der Waals surface area contributed by atoms with Crippen molar-refractivity contribution in [1.29, 1.82) is 0 Å². The molecule has 19 heavy (non-hydrogen) atoms. The lowest BCUT2D eigenvalue weighted by atomic mass is 9.87. The topological polar surface area (TPSA) is 58.6 Å². The molecule has 0 bridgehead atoms. The van der Waals surface area contributed by atoms with Crippen LogP contribution in [0.2, 0.25) is 0 Å². The summed E-state index contributed by atoms with van der Waals surface area (Å²) in [5, 5.41) is 2.96. The van der Waals surface area contributed by atoms with Gasteiger partial charge in [-0.15, -0.1) is 0 Å². The van der Waals surface area contributed by atoms with Crippen LogP contribution in [0.1, 0.15) is 39.5 Å². The minimum atomic E-state index is -0.679. The Bertz CT molecular complexity index is 401. The average molecular weight is 266 g/mol. The number of hydrogen-bond donors (Lipinski definition) is 1. The first-order chi connectivity index (χ1) is 9.04. The summed E-state index contributed by atoms with van der Waals surface area (Å²) in [4.78, 5) is 26.9. The van der Waals surface area contributed by atoms with E-state index in [1.54, 1.807) is 0 Å². The van der Waals surface area contributed by atoms with Crippen LogP contribution in [0, 0.1) is 5.92 Å². The molecule has 2 saturated heterocycles. The molecule has 2 heterocycles. The minimum Gasteiger partial charge on any atom is -0.381 e. The highest BCUT2D eigenvalue weighted by molar-refractivity contribution is 6.00. The van der Waals surface area contributed by atoms with Gasteiger partial charge in [0.05, 0.1) is 0 Å². The van der Waals surface area contributed by atoms with Gasteiger partial charge in [-0.2, -0.15) is 0 Å². The second kappa shape index (κ2) is 4.47. The Morgan fingerprint density at radius 1 is 1.21 bits per heavy atom. The van der Waals surface area contributed by atoms with E-state index in [2.05, 4.69) is 5.32 Å². The van der Waals surface area contributed by atoms with Crippen LogP contribution in [0.15, 0.2) is 0 Å². The second-order valence-electron chi connectivity index (χ2n) is 6.20. The second-order valence-corrected chi connectivity index (χ2v) is 6.20. The zero-order valence-corrected chi connectivity index (χ0v) is 11.6. The molecule has 2 aliphatic heterocycles. The van der Waals surface area contributed by atoms with Gasteiger partial charge in [0.2, 0.25) is 11.8 Å². The van der Waals surface area contributed by atoms with E-state index in [0.717, 1.165) is 25.7 Å². The third-order valence-electron chi connectivity index (χ3n) is 4.84. The lowest BCUT2D eigenvalue weighted by Crippen LogP contribution is -2.71. The molecule has 5 nitrogen and oxygen atoms in total. The molecule has 0 aromatic carbocycles. The summed E-state index contributed by atoms with van der Waals surface area (Å²) in [6.45, 7) is 5.09. The van der Waals surface area contributed by atoms with E-state index in [-0.39, 0.29) is 23.9 Å². The zero-order chi connectivity index (χ0) is 13.6. The molecule has 0 aromatic rings. The van der Waals surface area contributed by atoms with Crippen LogP contribution in [0.25, 0.3) is 0 Å². The van der Waals surface area contributed by atoms with Crippen molar-refractivity contribution in [1.82, 2.24) is 10.2 Å². The first-order valence-corrected chi connectivity index (χ1v) is 7.26. The molecule has 5 heteroatoms. The van der Waals surface area contributed by atoms with Gasteiger partial charge in [0.1, 0.15) is 11.6 Å². The highest BCUT2D eigenvalue weighted by atomic mass is 16.5. The lowest BCUT2D eigenvalue weighted by Gasteiger charge is -2.47. The maximum atomic E-state index is 12.9. The Morgan fingerprint density at radius 3 is 2.42 bits per heavy atom. The summed E-state index contributed by atoms with van der Waals surface area (Å²) in [5.41, 5.74) is -0.679. The van der Waals surface area contributed by atoms with E-state index in [0.29, 0.717) is 19.1 Å². The molecule has 0 radical (unpaired) electrons. The maximum absolute atomic E-state index is 12.9. The predicted octanol–water partition coefficient (Wildman–Crippen LogP) is 0.681. The number of hydrogen-bond acceptors (Lipinski definition) is 3. The number of carbonyl (C=O) groups is 2. The van der Waals surface area contributed by atoms with Gasteiger partial charge in [0.15, 0.2) is 0 Å². The molecule has 1 saturated carbocycles. The van der Waals surface area contributed by atoms with Gasteiger partial charge in [-0.05, 0) is 45.4 Å². The third kappa shape index (κ3) is 2.04. The number of carbonyl (C=O) groups excluding carboxylic acids is 2. The highest BCUT2D eigenvalue weighted by Crippen LogP contribution is 2.42. The maximum Gasteiger partial charge on any atom is 0.249 e. The van der Waals surface area contributed by atoms with Crippen molar-refractivity contribution < 1.29 is 14.3 Å². The molecule has 106 valence electrons. The third-order valence-corrected chi connectivity index (χ3v) is 4.84. The summed E-state index contributed by atoms with van der Waals surface area (Å²) in [5.74, 6) is 0.410. The van der Waals surface area contributed by atoms with Crippen LogP contribution in [-0.2, 0) is 14.3 Å². The van der Waals surface area contributed by atoms with Crippen molar-refractivity contribution in [2.75, 3.05) is 13.2 Å². The molecule has 3 fully saturated rings. The summed E-state index contributed by atoms with van der Waals surface area (Å²) >= 11 is 0. The van der Waals surface area contributed by atoms with Gasteiger partial charge in [0.25, 0.3) is 0 Å². The molecule has 2 unspecified atom stereocenters. The smallest absolute Gasteiger partial charge is 0.249 e. The Kier molecular flexibility index (Phi) is 3.04. The Labute approximate surface area is 113 Å². The summed E-state index contributed by atoms with van der Waals surface area (Å²) in [6.07, 6.45) is 3.76. The van der Waals surface area contributed by atoms with Crippen LogP contribution in [0.5, 0.6) is 0 Å². The summed E-state index contributed by atoms with van der Waals surface area (Å²) < 4.78 is 5.36. The summed E-state index contributed by atoms with van der Waals surface area (Å²) in [6, 6.07) is -0.206. The van der Waals surface area contributed by atoms with Gasteiger partial charge in [-0.3, -0.25) is 9.59 Å². The fourth-order valence-corrected chi connectivity index (χ4v) is 3.37. The monoisotopic (exact) mass is 266 g/mol.